The van der Waals surface area contributed by atoms with E-state index in [-0.39, 0.29) is 5.56 Å². The van der Waals surface area contributed by atoms with Gasteiger partial charge in [0.15, 0.2) is 17.3 Å². The largest absolute Gasteiger partial charge is 0.340 e. The summed E-state index contributed by atoms with van der Waals surface area (Å²) in [6.07, 6.45) is 4.94. The Bertz CT molecular complexity index is 1580. The summed E-state index contributed by atoms with van der Waals surface area (Å²) in [5.41, 5.74) is 5.52. The van der Waals surface area contributed by atoms with Crippen LogP contribution >= 0.6 is 0 Å². The van der Waals surface area contributed by atoms with E-state index in [0.29, 0.717) is 33.7 Å². The van der Waals surface area contributed by atoms with E-state index in [0.717, 1.165) is 29.8 Å². The molecule has 1 fully saturated rings. The summed E-state index contributed by atoms with van der Waals surface area (Å²) in [5, 5.41) is 4.06. The average molecular weight is 421 g/mol. The lowest BCUT2D eigenvalue weighted by molar-refractivity contribution is 0.930. The molecule has 0 amide bonds. The number of allylic oxidation sites excluding steroid dienone is 1. The molecule has 3 aromatic heterocycles. The summed E-state index contributed by atoms with van der Waals surface area (Å²) in [5.74, 6) is 1.16. The van der Waals surface area contributed by atoms with Gasteiger partial charge in [-0.3, -0.25) is 9.36 Å². The molecular formula is C24H19N7O. The van der Waals surface area contributed by atoms with Crippen LogP contribution in [0.1, 0.15) is 24.2 Å². The Hall–Kier alpha value is -4.33. The second-order valence-electron chi connectivity index (χ2n) is 7.81. The van der Waals surface area contributed by atoms with Crippen molar-refractivity contribution in [1.29, 1.82) is 0 Å². The van der Waals surface area contributed by atoms with Crippen molar-refractivity contribution in [3.8, 4) is 5.69 Å². The van der Waals surface area contributed by atoms with Gasteiger partial charge in [0, 0.05) is 0 Å². The van der Waals surface area contributed by atoms with Crippen LogP contribution in [0.25, 0.3) is 33.5 Å². The average Bonchev–Trinajstić information content (AvgIpc) is 3.53. The third-order valence-electron chi connectivity index (χ3n) is 5.66. The number of aromatic nitrogens is 6. The molecule has 5 aromatic rings. The third kappa shape index (κ3) is 2.96. The number of nitrogens with one attached hydrogen (secondary N) is 2. The molecule has 2 N–H and O–H groups in total. The number of hydrogen-bond acceptors (Lipinski definition) is 6. The highest BCUT2D eigenvalue weighted by Gasteiger charge is 2.26. The van der Waals surface area contributed by atoms with Crippen molar-refractivity contribution in [2.24, 2.45) is 0 Å². The van der Waals surface area contributed by atoms with Gasteiger partial charge in [-0.15, -0.1) is 0 Å². The monoisotopic (exact) mass is 421 g/mol. The zero-order chi connectivity index (χ0) is 21.7. The van der Waals surface area contributed by atoms with Gasteiger partial charge in [-0.2, -0.15) is 0 Å². The molecule has 0 unspecified atom stereocenters. The van der Waals surface area contributed by atoms with Crippen LogP contribution in [0.5, 0.6) is 0 Å². The zero-order valence-corrected chi connectivity index (χ0v) is 17.3. The highest BCUT2D eigenvalue weighted by atomic mass is 16.1. The van der Waals surface area contributed by atoms with E-state index in [1.807, 2.05) is 55.5 Å². The van der Waals surface area contributed by atoms with Crippen molar-refractivity contribution >= 4 is 33.6 Å². The minimum absolute atomic E-state index is 0.0933. The lowest BCUT2D eigenvalue weighted by atomic mass is 10.1. The molecule has 0 atom stereocenters. The van der Waals surface area contributed by atoms with Gasteiger partial charge < -0.3 is 10.3 Å². The summed E-state index contributed by atoms with van der Waals surface area (Å²) in [6, 6.07) is 15.4. The first-order valence-corrected chi connectivity index (χ1v) is 10.4. The number of benzene rings is 2. The van der Waals surface area contributed by atoms with Gasteiger partial charge in [-0.1, -0.05) is 30.3 Å². The Balaban J connectivity index is 1.63. The van der Waals surface area contributed by atoms with Crippen molar-refractivity contribution in [1.82, 2.24) is 29.5 Å². The second-order valence-corrected chi connectivity index (χ2v) is 7.81. The molecule has 1 aliphatic carbocycles. The molecule has 0 saturated heterocycles. The Kier molecular flexibility index (Phi) is 4.10. The number of para-hydroxylation sites is 1. The van der Waals surface area contributed by atoms with Gasteiger partial charge in [0.1, 0.15) is 11.8 Å². The maximum Gasteiger partial charge on any atom is 0.266 e. The molecule has 32 heavy (non-hydrogen) atoms. The minimum atomic E-state index is -0.0933. The zero-order valence-electron chi connectivity index (χ0n) is 17.3. The fourth-order valence-electron chi connectivity index (χ4n) is 3.97. The maximum absolute atomic E-state index is 13.8. The summed E-state index contributed by atoms with van der Waals surface area (Å²) in [4.78, 5) is 34.7. The first-order valence-electron chi connectivity index (χ1n) is 10.4. The van der Waals surface area contributed by atoms with Crippen LogP contribution in [0.3, 0.4) is 0 Å². The van der Waals surface area contributed by atoms with E-state index in [4.69, 9.17) is 4.98 Å². The smallest absolute Gasteiger partial charge is 0.266 e. The normalized spacial score (nSPS) is 13.0. The van der Waals surface area contributed by atoms with Crippen molar-refractivity contribution < 1.29 is 0 Å². The van der Waals surface area contributed by atoms with Crippen LogP contribution in [0.2, 0.25) is 0 Å². The molecule has 2 aromatic carbocycles. The molecule has 8 nitrogen and oxygen atoms in total. The molecule has 3 heterocycles. The Morgan fingerprint density at radius 3 is 2.69 bits per heavy atom. The van der Waals surface area contributed by atoms with Gasteiger partial charge >= 0.3 is 0 Å². The summed E-state index contributed by atoms with van der Waals surface area (Å²) >= 11 is 0. The van der Waals surface area contributed by atoms with Crippen molar-refractivity contribution in [2.75, 3.05) is 5.32 Å². The van der Waals surface area contributed by atoms with Crippen LogP contribution in [-0.4, -0.2) is 29.5 Å². The van der Waals surface area contributed by atoms with Crippen molar-refractivity contribution in [3.05, 3.63) is 88.5 Å². The Morgan fingerprint density at radius 2 is 1.88 bits per heavy atom. The number of nitrogens with zero attached hydrogens (tertiary/aromatic N) is 5. The van der Waals surface area contributed by atoms with Crippen molar-refractivity contribution in [3.63, 3.8) is 0 Å². The first kappa shape index (κ1) is 18.4. The lowest BCUT2D eigenvalue weighted by Crippen LogP contribution is -2.25. The van der Waals surface area contributed by atoms with Crippen LogP contribution in [0.4, 0.5) is 5.82 Å². The number of fused-ring (bicyclic) bond motifs is 2. The molecule has 156 valence electrons. The molecule has 0 bridgehead atoms. The van der Waals surface area contributed by atoms with Crippen LogP contribution < -0.4 is 10.9 Å². The number of H-pyrrole nitrogens is 1. The number of hydrogen-bond donors (Lipinski definition) is 2. The topological polar surface area (TPSA) is 101 Å². The van der Waals surface area contributed by atoms with E-state index in [2.05, 4.69) is 25.3 Å². The van der Waals surface area contributed by atoms with Gasteiger partial charge in [0.25, 0.3) is 5.56 Å². The highest BCUT2D eigenvalue weighted by molar-refractivity contribution is 5.90. The van der Waals surface area contributed by atoms with Gasteiger partial charge in [0.05, 0.1) is 28.6 Å². The molecule has 1 saturated carbocycles. The standard InChI is InChI=1S/C24H19N7O/c1-14-6-5-9-17-18(14)24(32)31(16-7-3-2-4-8-16)23(29-17)19(15-10-11-15)30-22-20-21(26-12-25-20)27-13-28-22/h2-9,12-13H,10-11H2,1H3,(H2,25,26,27,28,30). The maximum atomic E-state index is 13.8. The number of anilines is 1. The molecule has 1 aliphatic rings. The quantitative estimate of drug-likeness (QED) is 0.455. The van der Waals surface area contributed by atoms with Crippen LogP contribution in [0, 0.1) is 6.92 Å². The molecule has 0 radical (unpaired) electrons. The Labute approximate surface area is 182 Å². The van der Waals surface area contributed by atoms with E-state index >= 15 is 0 Å². The van der Waals surface area contributed by atoms with Gasteiger partial charge in [-0.25, -0.2) is 19.9 Å². The fraction of sp³-hybridized carbons (Fsp3) is 0.125. The van der Waals surface area contributed by atoms with Gasteiger partial charge in [-0.05, 0) is 49.1 Å². The lowest BCUT2D eigenvalue weighted by Gasteiger charge is -2.18. The molecule has 8 heteroatoms. The summed E-state index contributed by atoms with van der Waals surface area (Å²) < 4.78 is 1.69. The van der Waals surface area contributed by atoms with Crippen molar-refractivity contribution in [2.45, 2.75) is 19.8 Å². The number of rotatable bonds is 4. The van der Waals surface area contributed by atoms with E-state index < -0.39 is 0 Å². The predicted octanol–water partition coefficient (Wildman–Crippen LogP) is 3.98. The van der Waals surface area contributed by atoms with Gasteiger partial charge in [0.2, 0.25) is 0 Å². The molecule has 6 rings (SSSR count). The minimum Gasteiger partial charge on any atom is -0.340 e. The van der Waals surface area contributed by atoms with E-state index in [1.54, 1.807) is 10.9 Å². The van der Waals surface area contributed by atoms with Crippen LogP contribution in [0.15, 0.2) is 71.6 Å². The van der Waals surface area contributed by atoms with Crippen LogP contribution in [-0.2, 0) is 0 Å². The van der Waals surface area contributed by atoms with E-state index in [9.17, 15) is 4.79 Å². The number of aryl methyl sites for hydroxylation is 1. The number of aromatic amines is 1. The Morgan fingerprint density at radius 1 is 1.03 bits per heavy atom. The van der Waals surface area contributed by atoms with E-state index in [1.165, 1.54) is 11.9 Å². The SMILES string of the molecule is Cc1cccc2nc(C(Nc3ncnc4nc[nH]c34)=C3CC3)n(-c3ccccc3)c(=O)c12. The first-order chi connectivity index (χ1) is 15.7. The molecule has 0 spiro atoms. The molecule has 0 aliphatic heterocycles. The fourth-order valence-corrected chi connectivity index (χ4v) is 3.97. The predicted molar refractivity (Wildman–Crippen MR) is 124 cm³/mol. The second kappa shape index (κ2) is 7.12. The highest BCUT2D eigenvalue weighted by Crippen LogP contribution is 2.37. The summed E-state index contributed by atoms with van der Waals surface area (Å²) in [6.45, 7) is 1.94. The number of imidazole rings is 1. The molecular weight excluding hydrogens is 402 g/mol. The third-order valence-corrected chi connectivity index (χ3v) is 5.66. The summed E-state index contributed by atoms with van der Waals surface area (Å²) in [7, 11) is 0.